The number of esters is 1. The van der Waals surface area contributed by atoms with Gasteiger partial charge in [0.2, 0.25) is 0 Å². The minimum absolute atomic E-state index is 0.210. The van der Waals surface area contributed by atoms with Gasteiger partial charge in [0.1, 0.15) is 0 Å². The topological polar surface area (TPSA) is 60.7 Å². The van der Waals surface area contributed by atoms with Crippen LogP contribution in [0.2, 0.25) is 5.02 Å². The molecule has 2 heterocycles. The van der Waals surface area contributed by atoms with Gasteiger partial charge in [-0.2, -0.15) is 0 Å². The maximum atomic E-state index is 13.5. The van der Waals surface area contributed by atoms with E-state index >= 15 is 0 Å². The van der Waals surface area contributed by atoms with Crippen LogP contribution in [0.4, 0.5) is 0 Å². The van der Waals surface area contributed by atoms with Crippen molar-refractivity contribution in [1.29, 1.82) is 0 Å². The number of ether oxygens (including phenoxy) is 1. The molecule has 0 bridgehead atoms. The second-order valence-electron chi connectivity index (χ2n) is 6.91. The van der Waals surface area contributed by atoms with E-state index in [0.717, 1.165) is 15.6 Å². The summed E-state index contributed by atoms with van der Waals surface area (Å²) < 4.78 is 8.32. The molecule has 1 aliphatic heterocycles. The number of fused-ring (bicyclic) bond motifs is 1. The molecule has 4 rings (SSSR count). The van der Waals surface area contributed by atoms with E-state index in [2.05, 4.69) is 20.9 Å². The highest BCUT2D eigenvalue weighted by Gasteiger charge is 2.33. The molecule has 0 fully saturated rings. The monoisotopic (exact) mass is 516 g/mol. The van der Waals surface area contributed by atoms with Crippen molar-refractivity contribution in [3.05, 3.63) is 100 Å². The number of carbonyl (C=O) groups is 1. The lowest BCUT2D eigenvalue weighted by Crippen LogP contribution is -2.39. The summed E-state index contributed by atoms with van der Waals surface area (Å²) in [7, 11) is 0. The third kappa shape index (κ3) is 4.31. The van der Waals surface area contributed by atoms with Crippen LogP contribution in [-0.4, -0.2) is 17.1 Å². The summed E-state index contributed by atoms with van der Waals surface area (Å²) in [5.74, 6) is -0.482. The Morgan fingerprint density at radius 1 is 1.29 bits per heavy atom. The molecular weight excluding hydrogens is 500 g/mol. The van der Waals surface area contributed by atoms with E-state index in [1.165, 1.54) is 11.3 Å². The van der Waals surface area contributed by atoms with Crippen LogP contribution < -0.4 is 14.9 Å². The quantitative estimate of drug-likeness (QED) is 0.487. The lowest BCUT2D eigenvalue weighted by molar-refractivity contribution is -0.139. The van der Waals surface area contributed by atoms with Crippen LogP contribution in [0.5, 0.6) is 0 Å². The molecule has 0 saturated heterocycles. The number of rotatable bonds is 4. The van der Waals surface area contributed by atoms with Gasteiger partial charge >= 0.3 is 5.97 Å². The van der Waals surface area contributed by atoms with Crippen LogP contribution in [0.3, 0.4) is 0 Å². The zero-order valence-corrected chi connectivity index (χ0v) is 19.9. The molecule has 1 aromatic heterocycles. The molecule has 0 aliphatic carbocycles. The van der Waals surface area contributed by atoms with Gasteiger partial charge in [0.15, 0.2) is 4.80 Å². The molecule has 1 atom stereocenters. The van der Waals surface area contributed by atoms with Gasteiger partial charge in [0, 0.05) is 9.50 Å². The molecule has 0 saturated carbocycles. The molecule has 0 spiro atoms. The highest BCUT2D eigenvalue weighted by Crippen LogP contribution is 2.31. The molecule has 0 N–H and O–H groups in total. The van der Waals surface area contributed by atoms with Gasteiger partial charge in [-0.25, -0.2) is 9.79 Å². The minimum atomic E-state index is -0.641. The standard InChI is InChI=1S/C23H18BrClN2O3S/c1-3-30-22(29)19-13(2)26-23-27(20(19)15-7-9-17(25)10-8-15)21(28)18(31-23)12-14-5-4-6-16(24)11-14/h4-12,20H,3H2,1-2H3/b18-12+. The number of benzene rings is 2. The number of halogens is 2. The van der Waals surface area contributed by atoms with Gasteiger partial charge in [-0.3, -0.25) is 9.36 Å². The van der Waals surface area contributed by atoms with E-state index in [0.29, 0.717) is 25.6 Å². The van der Waals surface area contributed by atoms with Crippen LogP contribution in [0.25, 0.3) is 6.08 Å². The Morgan fingerprint density at radius 3 is 2.71 bits per heavy atom. The Balaban J connectivity index is 1.96. The first-order chi connectivity index (χ1) is 14.9. The second-order valence-corrected chi connectivity index (χ2v) is 9.27. The van der Waals surface area contributed by atoms with Gasteiger partial charge in [0.05, 0.1) is 28.5 Å². The smallest absolute Gasteiger partial charge is 0.338 e. The highest BCUT2D eigenvalue weighted by molar-refractivity contribution is 9.10. The number of hydrogen-bond donors (Lipinski definition) is 0. The fraction of sp³-hybridized carbons (Fsp3) is 0.174. The molecule has 31 heavy (non-hydrogen) atoms. The summed E-state index contributed by atoms with van der Waals surface area (Å²) in [4.78, 5) is 31.4. The van der Waals surface area contributed by atoms with E-state index in [1.54, 1.807) is 30.5 Å². The third-order valence-corrected chi connectivity index (χ3v) is 6.58. The Morgan fingerprint density at radius 2 is 2.03 bits per heavy atom. The molecular formula is C23H18BrClN2O3S. The lowest BCUT2D eigenvalue weighted by Gasteiger charge is -2.24. The summed E-state index contributed by atoms with van der Waals surface area (Å²) in [6, 6.07) is 14.2. The second kappa shape index (κ2) is 8.94. The van der Waals surface area contributed by atoms with Crippen molar-refractivity contribution >= 4 is 50.9 Å². The number of carbonyl (C=O) groups excluding carboxylic acids is 1. The first-order valence-corrected chi connectivity index (χ1v) is 11.6. The lowest BCUT2D eigenvalue weighted by atomic mass is 9.96. The molecule has 0 radical (unpaired) electrons. The fourth-order valence-corrected chi connectivity index (χ4v) is 5.09. The van der Waals surface area contributed by atoms with Crippen molar-refractivity contribution in [2.75, 3.05) is 6.61 Å². The van der Waals surface area contributed by atoms with Crippen LogP contribution in [0, 0.1) is 0 Å². The highest BCUT2D eigenvalue weighted by atomic mass is 79.9. The van der Waals surface area contributed by atoms with Crippen LogP contribution in [0.15, 0.2) is 74.1 Å². The van der Waals surface area contributed by atoms with Crippen molar-refractivity contribution in [1.82, 2.24) is 4.57 Å². The SMILES string of the molecule is CCOC(=O)C1=C(C)N=c2s/c(=C/c3cccc(Br)c3)c(=O)n2C1c1ccc(Cl)cc1. The average Bonchev–Trinajstić information content (AvgIpc) is 3.02. The maximum Gasteiger partial charge on any atom is 0.338 e. The molecule has 1 unspecified atom stereocenters. The molecule has 158 valence electrons. The molecule has 1 aliphatic rings. The fourth-order valence-electron chi connectivity index (χ4n) is 3.50. The van der Waals surface area contributed by atoms with Gasteiger partial charge in [-0.15, -0.1) is 0 Å². The van der Waals surface area contributed by atoms with Crippen LogP contribution in [-0.2, 0) is 9.53 Å². The van der Waals surface area contributed by atoms with Gasteiger partial charge in [-0.05, 0) is 55.3 Å². The molecule has 2 aromatic carbocycles. The molecule has 8 heteroatoms. The first kappa shape index (κ1) is 21.7. The van der Waals surface area contributed by atoms with Crippen molar-refractivity contribution in [2.24, 2.45) is 4.99 Å². The van der Waals surface area contributed by atoms with Crippen molar-refractivity contribution in [3.63, 3.8) is 0 Å². The predicted octanol–water partition coefficient (Wildman–Crippen LogP) is 4.21. The van der Waals surface area contributed by atoms with Crippen LogP contribution in [0.1, 0.15) is 31.0 Å². The van der Waals surface area contributed by atoms with E-state index in [1.807, 2.05) is 42.5 Å². The maximum absolute atomic E-state index is 13.5. The van der Waals surface area contributed by atoms with E-state index in [-0.39, 0.29) is 12.2 Å². The van der Waals surface area contributed by atoms with Crippen molar-refractivity contribution in [2.45, 2.75) is 19.9 Å². The number of nitrogens with zero attached hydrogens (tertiary/aromatic N) is 2. The van der Waals surface area contributed by atoms with E-state index in [9.17, 15) is 9.59 Å². The van der Waals surface area contributed by atoms with Gasteiger partial charge in [-0.1, -0.05) is 63.1 Å². The summed E-state index contributed by atoms with van der Waals surface area (Å²) >= 11 is 10.8. The number of thiazole rings is 1. The van der Waals surface area contributed by atoms with E-state index in [4.69, 9.17) is 16.3 Å². The predicted molar refractivity (Wildman–Crippen MR) is 126 cm³/mol. The third-order valence-electron chi connectivity index (χ3n) is 4.85. The number of allylic oxidation sites excluding steroid dienone is 1. The molecule has 3 aromatic rings. The number of hydrogen-bond acceptors (Lipinski definition) is 5. The number of aromatic nitrogens is 1. The Hall–Kier alpha value is -2.48. The Bertz CT molecular complexity index is 1370. The molecule has 0 amide bonds. The van der Waals surface area contributed by atoms with Crippen molar-refractivity contribution in [3.8, 4) is 0 Å². The Labute approximate surface area is 196 Å². The Kier molecular flexibility index (Phi) is 6.27. The average molecular weight is 518 g/mol. The van der Waals surface area contributed by atoms with Crippen LogP contribution >= 0.6 is 38.9 Å². The summed E-state index contributed by atoms with van der Waals surface area (Å²) in [6.45, 7) is 3.75. The molecule has 5 nitrogen and oxygen atoms in total. The largest absolute Gasteiger partial charge is 0.463 e. The minimum Gasteiger partial charge on any atom is -0.463 e. The van der Waals surface area contributed by atoms with Gasteiger partial charge < -0.3 is 4.74 Å². The first-order valence-electron chi connectivity index (χ1n) is 9.59. The van der Waals surface area contributed by atoms with E-state index < -0.39 is 12.0 Å². The summed E-state index contributed by atoms with van der Waals surface area (Å²) in [5, 5.41) is 0.573. The summed E-state index contributed by atoms with van der Waals surface area (Å²) in [5.41, 5.74) is 2.33. The zero-order chi connectivity index (χ0) is 22.1. The normalized spacial score (nSPS) is 16.1. The van der Waals surface area contributed by atoms with Crippen molar-refractivity contribution < 1.29 is 9.53 Å². The summed E-state index contributed by atoms with van der Waals surface area (Å²) in [6.07, 6.45) is 1.83. The zero-order valence-electron chi connectivity index (χ0n) is 16.8. The van der Waals surface area contributed by atoms with Gasteiger partial charge in [0.25, 0.3) is 5.56 Å².